The van der Waals surface area contributed by atoms with E-state index in [0.29, 0.717) is 10.5 Å². The average molecular weight is 356 g/mol. The molecule has 1 nitrogen and oxygen atoms in total. The maximum atomic E-state index is 13.4. The number of rotatable bonds is 6. The first-order valence-electron chi connectivity index (χ1n) is 8.38. The number of nitrogens with one attached hydrogen (secondary N) is 1. The standard InChI is InChI=1S/C18H27BrFN/c1-2-11-21-18(15-7-5-3-4-6-8-15)13-14-9-10-17(20)16(19)12-14/h9-10,12,15,18,21H,2-8,11,13H2,1H3. The fourth-order valence-corrected chi connectivity index (χ4v) is 3.80. The maximum Gasteiger partial charge on any atom is 0.137 e. The van der Waals surface area contributed by atoms with E-state index in [1.165, 1.54) is 44.1 Å². The van der Waals surface area contributed by atoms with E-state index in [1.54, 1.807) is 6.07 Å². The topological polar surface area (TPSA) is 12.0 Å². The predicted molar refractivity (Wildman–Crippen MR) is 91.1 cm³/mol. The summed E-state index contributed by atoms with van der Waals surface area (Å²) in [5.74, 6) is 0.592. The molecule has 0 radical (unpaired) electrons. The first kappa shape index (κ1) is 17.0. The lowest BCUT2D eigenvalue weighted by atomic mass is 9.87. The van der Waals surface area contributed by atoms with Gasteiger partial charge in [0.05, 0.1) is 4.47 Å². The van der Waals surface area contributed by atoms with Gasteiger partial charge in [-0.3, -0.25) is 0 Å². The van der Waals surface area contributed by atoms with Gasteiger partial charge in [0, 0.05) is 6.04 Å². The summed E-state index contributed by atoms with van der Waals surface area (Å²) in [6, 6.07) is 5.97. The molecule has 2 rings (SSSR count). The Balaban J connectivity index is 2.05. The molecule has 1 saturated carbocycles. The third-order valence-corrected chi connectivity index (χ3v) is 5.17. The Labute approximate surface area is 136 Å². The van der Waals surface area contributed by atoms with Crippen molar-refractivity contribution in [1.82, 2.24) is 5.32 Å². The van der Waals surface area contributed by atoms with Crippen molar-refractivity contribution < 1.29 is 4.39 Å². The Kier molecular flexibility index (Phi) is 7.18. The molecule has 1 atom stereocenters. The molecule has 1 aromatic carbocycles. The largest absolute Gasteiger partial charge is 0.313 e. The van der Waals surface area contributed by atoms with E-state index in [4.69, 9.17) is 0 Å². The average Bonchev–Trinajstić information content (AvgIpc) is 2.76. The Morgan fingerprint density at radius 2 is 1.95 bits per heavy atom. The molecule has 0 amide bonds. The first-order valence-corrected chi connectivity index (χ1v) is 9.17. The van der Waals surface area contributed by atoms with Gasteiger partial charge in [0.15, 0.2) is 0 Å². The summed E-state index contributed by atoms with van der Waals surface area (Å²) in [5.41, 5.74) is 1.22. The van der Waals surface area contributed by atoms with Crippen molar-refractivity contribution in [1.29, 1.82) is 0 Å². The van der Waals surface area contributed by atoms with Gasteiger partial charge in [0.2, 0.25) is 0 Å². The van der Waals surface area contributed by atoms with Gasteiger partial charge in [-0.15, -0.1) is 0 Å². The molecule has 1 N–H and O–H groups in total. The van der Waals surface area contributed by atoms with Crippen LogP contribution in [0.2, 0.25) is 0 Å². The van der Waals surface area contributed by atoms with Crippen LogP contribution in [0.5, 0.6) is 0 Å². The second-order valence-corrected chi connectivity index (χ2v) is 7.12. The number of hydrogen-bond donors (Lipinski definition) is 1. The molecule has 0 heterocycles. The molecule has 0 spiro atoms. The van der Waals surface area contributed by atoms with Gasteiger partial charge >= 0.3 is 0 Å². The molecule has 1 aliphatic rings. The Morgan fingerprint density at radius 1 is 1.24 bits per heavy atom. The molecule has 1 aliphatic carbocycles. The molecule has 3 heteroatoms. The lowest BCUT2D eigenvalue weighted by Gasteiger charge is -2.27. The molecule has 0 bridgehead atoms. The second-order valence-electron chi connectivity index (χ2n) is 6.26. The second kappa shape index (κ2) is 8.89. The van der Waals surface area contributed by atoms with Crippen LogP contribution in [0, 0.1) is 11.7 Å². The van der Waals surface area contributed by atoms with E-state index in [1.807, 2.05) is 12.1 Å². The highest BCUT2D eigenvalue weighted by Crippen LogP contribution is 2.28. The predicted octanol–water partition coefficient (Wildman–Crippen LogP) is 5.47. The summed E-state index contributed by atoms with van der Waals surface area (Å²) >= 11 is 3.30. The van der Waals surface area contributed by atoms with Gasteiger partial charge in [-0.1, -0.05) is 38.7 Å². The van der Waals surface area contributed by atoms with Gasteiger partial charge in [-0.25, -0.2) is 4.39 Å². The van der Waals surface area contributed by atoms with Crippen LogP contribution in [0.4, 0.5) is 4.39 Å². The van der Waals surface area contributed by atoms with Crippen LogP contribution < -0.4 is 5.32 Å². The summed E-state index contributed by atoms with van der Waals surface area (Å²) in [5, 5.41) is 3.74. The van der Waals surface area contributed by atoms with E-state index in [9.17, 15) is 4.39 Å². The van der Waals surface area contributed by atoms with Crippen LogP contribution in [0.1, 0.15) is 57.4 Å². The molecule has 21 heavy (non-hydrogen) atoms. The molecule has 0 aliphatic heterocycles. The highest BCUT2D eigenvalue weighted by molar-refractivity contribution is 9.10. The Morgan fingerprint density at radius 3 is 2.57 bits per heavy atom. The van der Waals surface area contributed by atoms with Crippen LogP contribution >= 0.6 is 15.9 Å². The van der Waals surface area contributed by atoms with Crippen LogP contribution in [-0.4, -0.2) is 12.6 Å². The lowest BCUT2D eigenvalue weighted by Crippen LogP contribution is -2.38. The fraction of sp³-hybridized carbons (Fsp3) is 0.667. The molecule has 1 unspecified atom stereocenters. The highest BCUT2D eigenvalue weighted by atomic mass is 79.9. The summed E-state index contributed by atoms with van der Waals surface area (Å²) < 4.78 is 14.0. The van der Waals surface area contributed by atoms with Gasteiger partial charge in [-0.05, 0) is 71.8 Å². The van der Waals surface area contributed by atoms with Crippen molar-refractivity contribution in [3.63, 3.8) is 0 Å². The zero-order valence-electron chi connectivity index (χ0n) is 13.0. The molecule has 0 aromatic heterocycles. The number of benzene rings is 1. The van der Waals surface area contributed by atoms with Crippen molar-refractivity contribution >= 4 is 15.9 Å². The zero-order chi connectivity index (χ0) is 15.1. The van der Waals surface area contributed by atoms with Crippen LogP contribution in [0.15, 0.2) is 22.7 Å². The molecule has 0 saturated heterocycles. The highest BCUT2D eigenvalue weighted by Gasteiger charge is 2.22. The molecule has 1 fully saturated rings. The minimum absolute atomic E-state index is 0.175. The summed E-state index contributed by atoms with van der Waals surface area (Å²) in [6.45, 7) is 3.29. The van der Waals surface area contributed by atoms with E-state index < -0.39 is 0 Å². The zero-order valence-corrected chi connectivity index (χ0v) is 14.6. The van der Waals surface area contributed by atoms with Crippen LogP contribution in [-0.2, 0) is 6.42 Å². The van der Waals surface area contributed by atoms with Gasteiger partial charge in [-0.2, -0.15) is 0 Å². The summed E-state index contributed by atoms with van der Waals surface area (Å²) in [6.07, 6.45) is 10.3. The Bertz CT molecular complexity index is 427. The molecular formula is C18H27BrFN. The smallest absolute Gasteiger partial charge is 0.137 e. The van der Waals surface area contributed by atoms with Crippen LogP contribution in [0.25, 0.3) is 0 Å². The molecule has 1 aromatic rings. The summed E-state index contributed by atoms with van der Waals surface area (Å²) in [4.78, 5) is 0. The maximum absolute atomic E-state index is 13.4. The minimum Gasteiger partial charge on any atom is -0.313 e. The van der Waals surface area contributed by atoms with E-state index in [0.717, 1.165) is 25.3 Å². The van der Waals surface area contributed by atoms with Gasteiger partial charge in [0.1, 0.15) is 5.82 Å². The SMILES string of the molecule is CCCNC(Cc1ccc(F)c(Br)c1)C1CCCCCC1. The number of halogens is 2. The van der Waals surface area contributed by atoms with E-state index >= 15 is 0 Å². The lowest BCUT2D eigenvalue weighted by molar-refractivity contribution is 0.317. The van der Waals surface area contributed by atoms with Crippen molar-refractivity contribution in [3.8, 4) is 0 Å². The minimum atomic E-state index is -0.175. The van der Waals surface area contributed by atoms with Gasteiger partial charge < -0.3 is 5.32 Å². The van der Waals surface area contributed by atoms with Gasteiger partial charge in [0.25, 0.3) is 0 Å². The first-order chi connectivity index (χ1) is 10.2. The Hall–Kier alpha value is -0.410. The molecule has 118 valence electrons. The summed E-state index contributed by atoms with van der Waals surface area (Å²) in [7, 11) is 0. The fourth-order valence-electron chi connectivity index (χ4n) is 3.37. The van der Waals surface area contributed by atoms with Crippen molar-refractivity contribution in [2.75, 3.05) is 6.54 Å². The molecular weight excluding hydrogens is 329 g/mol. The monoisotopic (exact) mass is 355 g/mol. The third-order valence-electron chi connectivity index (χ3n) is 4.57. The quantitative estimate of drug-likeness (QED) is 0.667. The normalized spacial score (nSPS) is 18.4. The number of hydrogen-bond acceptors (Lipinski definition) is 1. The van der Waals surface area contributed by atoms with Crippen molar-refractivity contribution in [2.24, 2.45) is 5.92 Å². The third kappa shape index (κ3) is 5.37. The van der Waals surface area contributed by atoms with Crippen molar-refractivity contribution in [2.45, 2.75) is 64.3 Å². The van der Waals surface area contributed by atoms with E-state index in [2.05, 4.69) is 28.2 Å². The van der Waals surface area contributed by atoms with E-state index in [-0.39, 0.29) is 5.82 Å². The van der Waals surface area contributed by atoms with Crippen LogP contribution in [0.3, 0.4) is 0 Å². The van der Waals surface area contributed by atoms with Crippen molar-refractivity contribution in [3.05, 3.63) is 34.1 Å².